The number of carbonyl (C=O) groups is 1. The third-order valence-corrected chi connectivity index (χ3v) is 3.59. The fourth-order valence-electron chi connectivity index (χ4n) is 2.53. The van der Waals surface area contributed by atoms with Crippen LogP contribution in [0.1, 0.15) is 31.2 Å². The maximum atomic E-state index is 12.0. The summed E-state index contributed by atoms with van der Waals surface area (Å²) in [7, 11) is 1.66. The van der Waals surface area contributed by atoms with E-state index in [-0.39, 0.29) is 30.3 Å². The minimum absolute atomic E-state index is 0. The number of ether oxygens (including phenoxy) is 1. The summed E-state index contributed by atoms with van der Waals surface area (Å²) in [5, 5.41) is 6.32. The van der Waals surface area contributed by atoms with E-state index in [9.17, 15) is 4.79 Å². The van der Waals surface area contributed by atoms with Crippen LogP contribution < -0.4 is 15.4 Å². The van der Waals surface area contributed by atoms with Crippen molar-refractivity contribution in [2.45, 2.75) is 31.7 Å². The zero-order chi connectivity index (χ0) is 13.7. The molecular formula is C15H23ClN2O2. The van der Waals surface area contributed by atoms with Gasteiger partial charge in [-0.2, -0.15) is 0 Å². The zero-order valence-corrected chi connectivity index (χ0v) is 12.8. The van der Waals surface area contributed by atoms with E-state index in [0.717, 1.165) is 30.8 Å². The van der Waals surface area contributed by atoms with Crippen molar-refractivity contribution in [1.29, 1.82) is 0 Å². The third-order valence-electron chi connectivity index (χ3n) is 3.59. The van der Waals surface area contributed by atoms with Gasteiger partial charge in [-0.1, -0.05) is 25.1 Å². The van der Waals surface area contributed by atoms with Gasteiger partial charge < -0.3 is 15.4 Å². The molecule has 0 aliphatic carbocycles. The van der Waals surface area contributed by atoms with Gasteiger partial charge in [-0.15, -0.1) is 12.4 Å². The van der Waals surface area contributed by atoms with Gasteiger partial charge in [0.05, 0.1) is 7.11 Å². The van der Waals surface area contributed by atoms with E-state index >= 15 is 0 Å². The Bertz CT molecular complexity index is 434. The van der Waals surface area contributed by atoms with Crippen LogP contribution in [-0.4, -0.2) is 32.1 Å². The molecule has 1 aliphatic rings. The van der Waals surface area contributed by atoms with E-state index in [1.807, 2.05) is 24.3 Å². The van der Waals surface area contributed by atoms with Gasteiger partial charge in [-0.25, -0.2) is 0 Å². The predicted molar refractivity (Wildman–Crippen MR) is 82.7 cm³/mol. The van der Waals surface area contributed by atoms with Crippen LogP contribution in [-0.2, 0) is 4.79 Å². The molecule has 2 rings (SSSR count). The van der Waals surface area contributed by atoms with Crippen LogP contribution in [0, 0.1) is 0 Å². The highest BCUT2D eigenvalue weighted by atomic mass is 35.5. The Kier molecular flexibility index (Phi) is 6.82. The minimum atomic E-state index is 0. The molecule has 0 saturated carbocycles. The molecule has 1 aromatic carbocycles. The first-order chi connectivity index (χ1) is 9.20. The Hall–Kier alpha value is -1.26. The predicted octanol–water partition coefficient (Wildman–Crippen LogP) is 2.09. The molecular weight excluding hydrogens is 276 g/mol. The molecule has 0 bridgehead atoms. The van der Waals surface area contributed by atoms with Gasteiger partial charge in [0.15, 0.2) is 0 Å². The summed E-state index contributed by atoms with van der Waals surface area (Å²) in [6, 6.07) is 8.17. The average molecular weight is 299 g/mol. The van der Waals surface area contributed by atoms with E-state index in [0.29, 0.717) is 6.42 Å². The maximum absolute atomic E-state index is 12.0. The van der Waals surface area contributed by atoms with Gasteiger partial charge in [0.25, 0.3) is 0 Å². The second-order valence-electron chi connectivity index (χ2n) is 5.10. The Labute approximate surface area is 126 Å². The van der Waals surface area contributed by atoms with E-state index in [4.69, 9.17) is 4.74 Å². The van der Waals surface area contributed by atoms with Gasteiger partial charge in [-0.3, -0.25) is 4.79 Å². The fraction of sp³-hybridized carbons (Fsp3) is 0.533. The molecule has 1 heterocycles. The van der Waals surface area contributed by atoms with Gasteiger partial charge in [0.1, 0.15) is 5.75 Å². The van der Waals surface area contributed by atoms with E-state index in [1.54, 1.807) is 7.11 Å². The summed E-state index contributed by atoms with van der Waals surface area (Å²) in [6.45, 7) is 3.94. The summed E-state index contributed by atoms with van der Waals surface area (Å²) in [6.07, 6.45) is 1.52. The topological polar surface area (TPSA) is 50.4 Å². The summed E-state index contributed by atoms with van der Waals surface area (Å²) in [5.74, 6) is 1.13. The third kappa shape index (κ3) is 4.39. The molecule has 4 nitrogen and oxygen atoms in total. The van der Waals surface area contributed by atoms with E-state index in [2.05, 4.69) is 17.6 Å². The highest BCUT2D eigenvalue weighted by Gasteiger charge is 2.19. The fourth-order valence-corrected chi connectivity index (χ4v) is 2.53. The first-order valence-corrected chi connectivity index (χ1v) is 6.83. The van der Waals surface area contributed by atoms with Crippen molar-refractivity contribution in [2.24, 2.45) is 0 Å². The Morgan fingerprint density at radius 3 is 2.90 bits per heavy atom. The van der Waals surface area contributed by atoms with Crippen LogP contribution in [0.4, 0.5) is 0 Å². The Morgan fingerprint density at radius 2 is 2.25 bits per heavy atom. The molecule has 1 aromatic rings. The molecule has 0 radical (unpaired) electrons. The van der Waals surface area contributed by atoms with Crippen LogP contribution in [0.2, 0.25) is 0 Å². The van der Waals surface area contributed by atoms with Crippen molar-refractivity contribution in [2.75, 3.05) is 20.2 Å². The molecule has 0 spiro atoms. The zero-order valence-electron chi connectivity index (χ0n) is 12.0. The first-order valence-electron chi connectivity index (χ1n) is 6.83. The summed E-state index contributed by atoms with van der Waals surface area (Å²) < 4.78 is 5.34. The van der Waals surface area contributed by atoms with Crippen molar-refractivity contribution in [3.63, 3.8) is 0 Å². The van der Waals surface area contributed by atoms with Crippen LogP contribution >= 0.6 is 12.4 Å². The number of methoxy groups -OCH3 is 1. The number of hydrogen-bond donors (Lipinski definition) is 2. The summed E-state index contributed by atoms with van der Waals surface area (Å²) >= 11 is 0. The van der Waals surface area contributed by atoms with Crippen LogP contribution in [0.3, 0.4) is 0 Å². The van der Waals surface area contributed by atoms with Gasteiger partial charge in [0, 0.05) is 19.0 Å². The van der Waals surface area contributed by atoms with Gasteiger partial charge >= 0.3 is 0 Å². The molecule has 1 saturated heterocycles. The smallest absolute Gasteiger partial charge is 0.220 e. The molecule has 1 fully saturated rings. The molecule has 1 aliphatic heterocycles. The largest absolute Gasteiger partial charge is 0.496 e. The Morgan fingerprint density at radius 1 is 1.50 bits per heavy atom. The molecule has 5 heteroatoms. The molecule has 2 unspecified atom stereocenters. The van der Waals surface area contributed by atoms with E-state index in [1.165, 1.54) is 0 Å². The van der Waals surface area contributed by atoms with Gasteiger partial charge in [-0.05, 0) is 30.5 Å². The van der Waals surface area contributed by atoms with Crippen molar-refractivity contribution in [3.05, 3.63) is 29.8 Å². The summed E-state index contributed by atoms with van der Waals surface area (Å²) in [5.41, 5.74) is 1.09. The molecule has 2 atom stereocenters. The second kappa shape index (κ2) is 8.12. The lowest BCUT2D eigenvalue weighted by atomic mass is 9.96. The van der Waals surface area contributed by atoms with Crippen molar-refractivity contribution in [1.82, 2.24) is 10.6 Å². The first kappa shape index (κ1) is 16.8. The molecule has 20 heavy (non-hydrogen) atoms. The highest BCUT2D eigenvalue weighted by molar-refractivity contribution is 5.85. The number of para-hydroxylation sites is 1. The lowest BCUT2D eigenvalue weighted by Crippen LogP contribution is -2.36. The number of halogens is 1. The van der Waals surface area contributed by atoms with Crippen LogP contribution in [0.5, 0.6) is 5.75 Å². The number of carbonyl (C=O) groups excluding carboxylic acids is 1. The van der Waals surface area contributed by atoms with E-state index < -0.39 is 0 Å². The quantitative estimate of drug-likeness (QED) is 0.875. The second-order valence-corrected chi connectivity index (χ2v) is 5.10. The van der Waals surface area contributed by atoms with Crippen LogP contribution in [0.15, 0.2) is 24.3 Å². The molecule has 0 aromatic heterocycles. The van der Waals surface area contributed by atoms with Crippen molar-refractivity contribution < 1.29 is 9.53 Å². The number of amides is 1. The van der Waals surface area contributed by atoms with Crippen LogP contribution in [0.25, 0.3) is 0 Å². The number of benzene rings is 1. The summed E-state index contributed by atoms with van der Waals surface area (Å²) in [4.78, 5) is 12.0. The number of nitrogens with one attached hydrogen (secondary N) is 2. The standard InChI is InChI=1S/C15H22N2O2.ClH/c1-11(13-5-3-4-6-14(13)19-2)9-15(18)17-12-7-8-16-10-12;/h3-6,11-12,16H,7-10H2,1-2H3,(H,17,18);1H. The lowest BCUT2D eigenvalue weighted by molar-refractivity contribution is -0.122. The lowest BCUT2D eigenvalue weighted by Gasteiger charge is -2.17. The van der Waals surface area contributed by atoms with Crippen molar-refractivity contribution in [3.8, 4) is 5.75 Å². The SMILES string of the molecule is COc1ccccc1C(C)CC(=O)NC1CCNC1.Cl. The molecule has 112 valence electrons. The Balaban J connectivity index is 0.00000200. The highest BCUT2D eigenvalue weighted by Crippen LogP contribution is 2.28. The maximum Gasteiger partial charge on any atom is 0.220 e. The minimum Gasteiger partial charge on any atom is -0.496 e. The van der Waals surface area contributed by atoms with Crippen molar-refractivity contribution >= 4 is 18.3 Å². The number of hydrogen-bond acceptors (Lipinski definition) is 3. The number of rotatable bonds is 5. The van der Waals surface area contributed by atoms with Gasteiger partial charge in [0.2, 0.25) is 5.91 Å². The normalized spacial score (nSPS) is 19.0. The monoisotopic (exact) mass is 298 g/mol. The average Bonchev–Trinajstić information content (AvgIpc) is 2.91. The molecule has 2 N–H and O–H groups in total. The molecule has 1 amide bonds.